The zero-order valence-corrected chi connectivity index (χ0v) is 14.5. The van der Waals surface area contributed by atoms with Crippen molar-refractivity contribution in [1.29, 1.82) is 0 Å². The third kappa shape index (κ3) is 4.84. The van der Waals surface area contributed by atoms with E-state index in [9.17, 15) is 0 Å². The van der Waals surface area contributed by atoms with E-state index in [2.05, 4.69) is 28.7 Å². The van der Waals surface area contributed by atoms with Crippen LogP contribution in [0.4, 0.5) is 5.82 Å². The molecular formula is C18H25N3O2. The second kappa shape index (κ2) is 7.81. The molecule has 1 aromatic carbocycles. The molecule has 0 spiro atoms. The Kier molecular flexibility index (Phi) is 5.79. The summed E-state index contributed by atoms with van der Waals surface area (Å²) >= 11 is 0. The van der Waals surface area contributed by atoms with Crippen molar-refractivity contribution in [3.63, 3.8) is 0 Å². The first-order valence-corrected chi connectivity index (χ1v) is 7.83. The molecular weight excluding hydrogens is 290 g/mol. The average molecular weight is 315 g/mol. The summed E-state index contributed by atoms with van der Waals surface area (Å²) in [7, 11) is 3.67. The highest BCUT2D eigenvalue weighted by atomic mass is 16.5. The number of rotatable bonds is 7. The van der Waals surface area contributed by atoms with E-state index < -0.39 is 0 Å². The van der Waals surface area contributed by atoms with E-state index in [0.29, 0.717) is 12.5 Å². The summed E-state index contributed by atoms with van der Waals surface area (Å²) in [5, 5.41) is 0. The predicted octanol–water partition coefficient (Wildman–Crippen LogP) is 3.43. The lowest BCUT2D eigenvalue weighted by atomic mass is 10.2. The maximum atomic E-state index is 5.76. The zero-order valence-electron chi connectivity index (χ0n) is 14.5. The molecule has 0 radical (unpaired) electrons. The molecule has 0 saturated carbocycles. The minimum atomic E-state index is 0.317. The molecule has 2 rings (SSSR count). The topological polar surface area (TPSA) is 47.5 Å². The van der Waals surface area contributed by atoms with Gasteiger partial charge < -0.3 is 14.4 Å². The lowest BCUT2D eigenvalue weighted by Crippen LogP contribution is -2.25. The number of hydrogen-bond acceptors (Lipinski definition) is 5. The molecule has 0 aliphatic carbocycles. The van der Waals surface area contributed by atoms with Crippen molar-refractivity contribution < 1.29 is 9.47 Å². The summed E-state index contributed by atoms with van der Waals surface area (Å²) in [4.78, 5) is 11.2. The van der Waals surface area contributed by atoms with Crippen LogP contribution >= 0.6 is 0 Å². The highest BCUT2D eigenvalue weighted by Crippen LogP contribution is 2.18. The summed E-state index contributed by atoms with van der Waals surface area (Å²) in [6.45, 7) is 7.54. The summed E-state index contributed by atoms with van der Waals surface area (Å²) in [6.07, 6.45) is 0. The van der Waals surface area contributed by atoms with Gasteiger partial charge in [-0.2, -0.15) is 0 Å². The van der Waals surface area contributed by atoms with Gasteiger partial charge in [0, 0.05) is 24.7 Å². The molecule has 0 fully saturated rings. The van der Waals surface area contributed by atoms with E-state index in [4.69, 9.17) is 9.47 Å². The fraction of sp³-hybridized carbons (Fsp3) is 0.444. The maximum absolute atomic E-state index is 5.76. The summed E-state index contributed by atoms with van der Waals surface area (Å²) < 4.78 is 10.9. The molecule has 0 atom stereocenters. The first-order valence-electron chi connectivity index (χ1n) is 7.83. The Balaban J connectivity index is 1.92. The second-order valence-electron chi connectivity index (χ2n) is 5.83. The molecule has 0 N–H and O–H groups in total. The highest BCUT2D eigenvalue weighted by Gasteiger charge is 2.09. The molecule has 0 unspecified atom stereocenters. The Morgan fingerprint density at radius 1 is 1.09 bits per heavy atom. The van der Waals surface area contributed by atoms with Crippen LogP contribution in [0.15, 0.2) is 30.3 Å². The van der Waals surface area contributed by atoms with Crippen LogP contribution in [0.5, 0.6) is 11.5 Å². The van der Waals surface area contributed by atoms with Crippen molar-refractivity contribution in [2.45, 2.75) is 26.7 Å². The number of hydrogen-bond donors (Lipinski definition) is 0. The molecule has 0 aliphatic heterocycles. The summed E-state index contributed by atoms with van der Waals surface area (Å²) in [5.41, 5.74) is 0.988. The first kappa shape index (κ1) is 17.1. The van der Waals surface area contributed by atoms with Crippen LogP contribution in [0.25, 0.3) is 0 Å². The fourth-order valence-electron chi connectivity index (χ4n) is 2.12. The molecule has 5 nitrogen and oxygen atoms in total. The molecule has 23 heavy (non-hydrogen) atoms. The van der Waals surface area contributed by atoms with Gasteiger partial charge in [0.25, 0.3) is 0 Å². The van der Waals surface area contributed by atoms with Crippen LogP contribution in [-0.4, -0.2) is 37.3 Å². The standard InChI is InChI=1S/C18H25N3O2/c1-13(2)18-19-14(3)12-17(20-18)21(4)10-11-23-16-8-6-15(22-5)7-9-16/h6-9,12-13H,10-11H2,1-5H3. The van der Waals surface area contributed by atoms with Crippen LogP contribution in [0.1, 0.15) is 31.3 Å². The van der Waals surface area contributed by atoms with Crippen LogP contribution in [0.2, 0.25) is 0 Å². The van der Waals surface area contributed by atoms with Crippen molar-refractivity contribution >= 4 is 5.82 Å². The minimum Gasteiger partial charge on any atom is -0.497 e. The van der Waals surface area contributed by atoms with Crippen molar-refractivity contribution in [2.24, 2.45) is 0 Å². The first-order chi connectivity index (χ1) is 11.0. The number of benzene rings is 1. The molecule has 2 aromatic rings. The number of likely N-dealkylation sites (N-methyl/N-ethyl adjacent to an activating group) is 1. The normalized spacial score (nSPS) is 10.7. The maximum Gasteiger partial charge on any atom is 0.133 e. The predicted molar refractivity (Wildman–Crippen MR) is 92.6 cm³/mol. The molecule has 0 amide bonds. The molecule has 1 aromatic heterocycles. The Bertz CT molecular complexity index is 627. The Hall–Kier alpha value is -2.30. The highest BCUT2D eigenvalue weighted by molar-refractivity contribution is 5.39. The lowest BCUT2D eigenvalue weighted by molar-refractivity contribution is 0.324. The molecule has 0 bridgehead atoms. The Labute approximate surface area is 138 Å². The minimum absolute atomic E-state index is 0.317. The molecule has 124 valence electrons. The third-order valence-corrected chi connectivity index (χ3v) is 3.52. The van der Waals surface area contributed by atoms with E-state index >= 15 is 0 Å². The molecule has 5 heteroatoms. The Morgan fingerprint density at radius 3 is 2.35 bits per heavy atom. The summed E-state index contributed by atoms with van der Waals surface area (Å²) in [6, 6.07) is 9.60. The SMILES string of the molecule is COc1ccc(OCCN(C)c2cc(C)nc(C(C)C)n2)cc1. The monoisotopic (exact) mass is 315 g/mol. The van der Waals surface area contributed by atoms with E-state index in [0.717, 1.165) is 35.4 Å². The number of aryl methyl sites for hydroxylation is 1. The number of nitrogens with zero attached hydrogens (tertiary/aromatic N) is 3. The quantitative estimate of drug-likeness (QED) is 0.783. The smallest absolute Gasteiger partial charge is 0.133 e. The van der Waals surface area contributed by atoms with Gasteiger partial charge in [0.1, 0.15) is 29.7 Å². The van der Waals surface area contributed by atoms with Crippen molar-refractivity contribution in [3.8, 4) is 11.5 Å². The van der Waals surface area contributed by atoms with Crippen LogP contribution in [-0.2, 0) is 0 Å². The van der Waals surface area contributed by atoms with Crippen molar-refractivity contribution in [2.75, 3.05) is 32.2 Å². The number of anilines is 1. The third-order valence-electron chi connectivity index (χ3n) is 3.52. The molecule has 0 aliphatic rings. The van der Waals surface area contributed by atoms with Gasteiger partial charge in [0.05, 0.1) is 13.7 Å². The largest absolute Gasteiger partial charge is 0.497 e. The zero-order chi connectivity index (χ0) is 16.8. The molecule has 0 saturated heterocycles. The van der Waals surface area contributed by atoms with Gasteiger partial charge in [-0.05, 0) is 31.2 Å². The van der Waals surface area contributed by atoms with Crippen LogP contribution < -0.4 is 14.4 Å². The van der Waals surface area contributed by atoms with Gasteiger partial charge in [0.15, 0.2) is 0 Å². The summed E-state index contributed by atoms with van der Waals surface area (Å²) in [5.74, 6) is 3.79. The van der Waals surface area contributed by atoms with Gasteiger partial charge in [0.2, 0.25) is 0 Å². The Morgan fingerprint density at radius 2 is 1.74 bits per heavy atom. The van der Waals surface area contributed by atoms with E-state index in [1.165, 1.54) is 0 Å². The van der Waals surface area contributed by atoms with Crippen LogP contribution in [0, 0.1) is 6.92 Å². The average Bonchev–Trinajstić information content (AvgIpc) is 2.54. The van der Waals surface area contributed by atoms with E-state index in [1.54, 1.807) is 7.11 Å². The van der Waals surface area contributed by atoms with Gasteiger partial charge in [-0.1, -0.05) is 13.8 Å². The lowest BCUT2D eigenvalue weighted by Gasteiger charge is -2.20. The number of methoxy groups -OCH3 is 1. The van der Waals surface area contributed by atoms with Gasteiger partial charge in [-0.15, -0.1) is 0 Å². The number of ether oxygens (including phenoxy) is 2. The number of aromatic nitrogens is 2. The van der Waals surface area contributed by atoms with Gasteiger partial charge in [-0.3, -0.25) is 0 Å². The van der Waals surface area contributed by atoms with E-state index in [-0.39, 0.29) is 0 Å². The van der Waals surface area contributed by atoms with E-state index in [1.807, 2.05) is 44.3 Å². The van der Waals surface area contributed by atoms with Crippen LogP contribution in [0.3, 0.4) is 0 Å². The molecule has 1 heterocycles. The fourth-order valence-corrected chi connectivity index (χ4v) is 2.12. The van der Waals surface area contributed by atoms with Crippen molar-refractivity contribution in [3.05, 3.63) is 41.9 Å². The van der Waals surface area contributed by atoms with Crippen molar-refractivity contribution in [1.82, 2.24) is 9.97 Å². The van der Waals surface area contributed by atoms with Gasteiger partial charge >= 0.3 is 0 Å². The second-order valence-corrected chi connectivity index (χ2v) is 5.83. The van der Waals surface area contributed by atoms with Gasteiger partial charge in [-0.25, -0.2) is 9.97 Å².